The Morgan fingerprint density at radius 2 is 2.16 bits per heavy atom. The van der Waals surface area contributed by atoms with Crippen molar-refractivity contribution in [1.29, 1.82) is 0 Å². The minimum atomic E-state index is -0.238. The highest BCUT2D eigenvalue weighted by molar-refractivity contribution is 7.16. The number of rotatable bonds is 4. The van der Waals surface area contributed by atoms with Gasteiger partial charge < -0.3 is 10.2 Å². The molecule has 0 saturated heterocycles. The maximum Gasteiger partial charge on any atom is 0.260 e. The average Bonchev–Trinajstić information content (AvgIpc) is 3.33. The molecule has 0 radical (unpaired) electrons. The first-order valence-corrected chi connectivity index (χ1v) is 9.14. The second-order valence-electron chi connectivity index (χ2n) is 6.22. The van der Waals surface area contributed by atoms with E-state index in [4.69, 9.17) is 10.2 Å². The molecule has 4 rings (SSSR count). The number of aryl methyl sites for hydroxylation is 3. The van der Waals surface area contributed by atoms with Crippen molar-refractivity contribution in [2.45, 2.75) is 32.7 Å². The van der Waals surface area contributed by atoms with Gasteiger partial charge in [-0.1, -0.05) is 12.1 Å². The summed E-state index contributed by atoms with van der Waals surface area (Å²) in [6, 6.07) is 8.22. The topological polar surface area (TPSA) is 81.2 Å². The fourth-order valence-corrected chi connectivity index (χ4v) is 4.04. The second-order valence-corrected chi connectivity index (χ2v) is 7.42. The van der Waals surface area contributed by atoms with Gasteiger partial charge in [-0.2, -0.15) is 0 Å². The Kier molecular flexibility index (Phi) is 4.15. The van der Waals surface area contributed by atoms with Crippen LogP contribution in [0.3, 0.4) is 0 Å². The van der Waals surface area contributed by atoms with E-state index in [1.165, 1.54) is 41.6 Å². The van der Waals surface area contributed by atoms with Crippen LogP contribution in [0.15, 0.2) is 34.9 Å². The Hall–Kier alpha value is -2.44. The smallest absolute Gasteiger partial charge is 0.260 e. The summed E-state index contributed by atoms with van der Waals surface area (Å²) in [7, 11) is 0. The zero-order chi connectivity index (χ0) is 17.4. The number of fused-ring (bicyclic) bond motifs is 1. The minimum Gasteiger partial charge on any atom is -0.467 e. The normalized spacial score (nSPS) is 13.0. The average molecular weight is 353 g/mol. The number of anilines is 1. The monoisotopic (exact) mass is 353 g/mol. The Labute approximate surface area is 149 Å². The molecule has 3 aromatic rings. The van der Waals surface area contributed by atoms with E-state index >= 15 is 0 Å². The zero-order valence-corrected chi connectivity index (χ0v) is 14.8. The van der Waals surface area contributed by atoms with Crippen molar-refractivity contribution in [3.8, 4) is 11.3 Å². The molecule has 2 aromatic heterocycles. The summed E-state index contributed by atoms with van der Waals surface area (Å²) in [5.74, 6) is 0.344. The number of amides is 1. The molecule has 1 aromatic carbocycles. The molecule has 0 saturated carbocycles. The fraction of sp³-hybridized carbons (Fsp3) is 0.263. The lowest BCUT2D eigenvalue weighted by Crippen LogP contribution is -2.10. The van der Waals surface area contributed by atoms with Crippen molar-refractivity contribution in [3.05, 3.63) is 57.9 Å². The predicted molar refractivity (Wildman–Crippen MR) is 98.9 cm³/mol. The first-order chi connectivity index (χ1) is 12.1. The van der Waals surface area contributed by atoms with E-state index in [1.54, 1.807) is 6.07 Å². The maximum absolute atomic E-state index is 12.3. The van der Waals surface area contributed by atoms with Crippen LogP contribution in [0.5, 0.6) is 0 Å². The Morgan fingerprint density at radius 3 is 2.96 bits per heavy atom. The molecule has 0 atom stereocenters. The van der Waals surface area contributed by atoms with Gasteiger partial charge in [0.2, 0.25) is 0 Å². The number of thiazole rings is 1. The largest absolute Gasteiger partial charge is 0.467 e. The van der Waals surface area contributed by atoms with Crippen molar-refractivity contribution >= 4 is 22.4 Å². The fourth-order valence-electron chi connectivity index (χ4n) is 3.21. The highest BCUT2D eigenvalue weighted by atomic mass is 32.1. The van der Waals surface area contributed by atoms with Crippen molar-refractivity contribution in [2.75, 3.05) is 5.32 Å². The van der Waals surface area contributed by atoms with E-state index < -0.39 is 0 Å². The van der Waals surface area contributed by atoms with Gasteiger partial charge in [-0.05, 0) is 49.4 Å². The molecule has 25 heavy (non-hydrogen) atoms. The van der Waals surface area contributed by atoms with Crippen molar-refractivity contribution < 1.29 is 9.21 Å². The molecule has 3 N–H and O–H groups in total. The van der Waals surface area contributed by atoms with E-state index in [0.29, 0.717) is 16.5 Å². The van der Waals surface area contributed by atoms with E-state index in [2.05, 4.69) is 28.5 Å². The standard InChI is InChI=1S/C19H19N3O2S/c1-11-17(14-6-5-12-3-2-4-13(12)7-14)21-19(25-11)22-18(23)15-8-16(9-20)24-10-15/h5-8,10H,2-4,9,20H2,1H3,(H,21,22,23). The molecule has 0 aliphatic heterocycles. The number of aromatic nitrogens is 1. The summed E-state index contributed by atoms with van der Waals surface area (Å²) in [5, 5.41) is 3.44. The molecule has 1 aliphatic rings. The van der Waals surface area contributed by atoms with Crippen LogP contribution in [-0.2, 0) is 19.4 Å². The molecule has 0 unspecified atom stereocenters. The molecule has 128 valence electrons. The van der Waals surface area contributed by atoms with Gasteiger partial charge in [0.05, 0.1) is 17.8 Å². The molecule has 0 spiro atoms. The first kappa shape index (κ1) is 16.1. The third-order valence-corrected chi connectivity index (χ3v) is 5.39. The Morgan fingerprint density at radius 1 is 1.32 bits per heavy atom. The molecular weight excluding hydrogens is 334 g/mol. The molecule has 1 amide bonds. The molecule has 2 heterocycles. The maximum atomic E-state index is 12.3. The van der Waals surface area contributed by atoms with Gasteiger partial charge in [0.25, 0.3) is 5.91 Å². The lowest BCUT2D eigenvalue weighted by atomic mass is 10.0. The zero-order valence-electron chi connectivity index (χ0n) is 14.0. The number of nitrogens with zero attached hydrogens (tertiary/aromatic N) is 1. The lowest BCUT2D eigenvalue weighted by Gasteiger charge is -2.03. The van der Waals surface area contributed by atoms with Crippen LogP contribution in [0.4, 0.5) is 5.13 Å². The Bertz CT molecular complexity index is 942. The SMILES string of the molecule is Cc1sc(NC(=O)c2coc(CN)c2)nc1-c1ccc2c(c1)CCC2. The highest BCUT2D eigenvalue weighted by Crippen LogP contribution is 2.33. The summed E-state index contributed by atoms with van der Waals surface area (Å²) in [5.41, 5.74) is 10.9. The van der Waals surface area contributed by atoms with E-state index in [0.717, 1.165) is 22.6 Å². The van der Waals surface area contributed by atoms with Gasteiger partial charge in [-0.25, -0.2) is 4.98 Å². The molecule has 0 bridgehead atoms. The van der Waals surface area contributed by atoms with E-state index in [1.807, 2.05) is 6.92 Å². The number of hydrogen-bond acceptors (Lipinski definition) is 5. The molecule has 6 heteroatoms. The summed E-state index contributed by atoms with van der Waals surface area (Å²) in [6.07, 6.45) is 4.95. The minimum absolute atomic E-state index is 0.238. The summed E-state index contributed by atoms with van der Waals surface area (Å²) in [4.78, 5) is 18.0. The summed E-state index contributed by atoms with van der Waals surface area (Å²) in [6.45, 7) is 2.30. The molecular formula is C19H19N3O2S. The number of carbonyl (C=O) groups excluding carboxylic acids is 1. The van der Waals surface area contributed by atoms with Gasteiger partial charge >= 0.3 is 0 Å². The van der Waals surface area contributed by atoms with Gasteiger partial charge in [0, 0.05) is 10.4 Å². The predicted octanol–water partition coefficient (Wildman–Crippen LogP) is 3.91. The summed E-state index contributed by atoms with van der Waals surface area (Å²) >= 11 is 1.48. The van der Waals surface area contributed by atoms with Crippen molar-refractivity contribution in [3.63, 3.8) is 0 Å². The van der Waals surface area contributed by atoms with Crippen LogP contribution in [0.2, 0.25) is 0 Å². The second kappa shape index (κ2) is 6.46. The lowest BCUT2D eigenvalue weighted by molar-refractivity contribution is 0.102. The number of carbonyl (C=O) groups is 1. The number of furan rings is 1. The van der Waals surface area contributed by atoms with Crippen LogP contribution in [-0.4, -0.2) is 10.9 Å². The van der Waals surface area contributed by atoms with Crippen LogP contribution < -0.4 is 11.1 Å². The number of benzene rings is 1. The van der Waals surface area contributed by atoms with E-state index in [9.17, 15) is 4.79 Å². The van der Waals surface area contributed by atoms with E-state index in [-0.39, 0.29) is 12.5 Å². The summed E-state index contributed by atoms with van der Waals surface area (Å²) < 4.78 is 5.21. The Balaban J connectivity index is 1.57. The van der Waals surface area contributed by atoms with Crippen LogP contribution in [0.1, 0.15) is 38.5 Å². The van der Waals surface area contributed by atoms with Gasteiger partial charge in [0.15, 0.2) is 5.13 Å². The third kappa shape index (κ3) is 3.10. The van der Waals surface area contributed by atoms with Gasteiger partial charge in [-0.3, -0.25) is 10.1 Å². The van der Waals surface area contributed by atoms with Gasteiger partial charge in [0.1, 0.15) is 12.0 Å². The number of hydrogen-bond donors (Lipinski definition) is 2. The first-order valence-electron chi connectivity index (χ1n) is 8.32. The molecule has 0 fully saturated rings. The van der Waals surface area contributed by atoms with Gasteiger partial charge in [-0.15, -0.1) is 11.3 Å². The van der Waals surface area contributed by atoms with Crippen LogP contribution >= 0.6 is 11.3 Å². The van der Waals surface area contributed by atoms with Crippen LogP contribution in [0, 0.1) is 6.92 Å². The number of nitrogens with two attached hydrogens (primary N) is 1. The molecule has 1 aliphatic carbocycles. The molecule has 5 nitrogen and oxygen atoms in total. The third-order valence-electron chi connectivity index (χ3n) is 4.51. The van der Waals surface area contributed by atoms with Crippen molar-refractivity contribution in [2.24, 2.45) is 5.73 Å². The van der Waals surface area contributed by atoms with Crippen LogP contribution in [0.25, 0.3) is 11.3 Å². The number of nitrogens with one attached hydrogen (secondary N) is 1. The highest BCUT2D eigenvalue weighted by Gasteiger charge is 2.17. The van der Waals surface area contributed by atoms with Crippen molar-refractivity contribution in [1.82, 2.24) is 4.98 Å². The quantitative estimate of drug-likeness (QED) is 0.745.